The van der Waals surface area contributed by atoms with Crippen molar-refractivity contribution in [3.8, 4) is 5.88 Å². The van der Waals surface area contributed by atoms with Gasteiger partial charge in [-0.2, -0.15) is 0 Å². The predicted octanol–water partition coefficient (Wildman–Crippen LogP) is 5.18. The van der Waals surface area contributed by atoms with Gasteiger partial charge in [0.15, 0.2) is 5.65 Å². The summed E-state index contributed by atoms with van der Waals surface area (Å²) < 4.78 is 2.84. The van der Waals surface area contributed by atoms with Crippen LogP contribution >= 0.6 is 11.3 Å². The third kappa shape index (κ3) is 4.93. The number of thiophene rings is 1. The third-order valence-corrected chi connectivity index (χ3v) is 9.15. The molecule has 5 aromatic rings. The Morgan fingerprint density at radius 3 is 2.90 bits per heavy atom. The summed E-state index contributed by atoms with van der Waals surface area (Å²) in [7, 11) is 1.80. The van der Waals surface area contributed by atoms with E-state index in [1.807, 2.05) is 13.0 Å². The van der Waals surface area contributed by atoms with Gasteiger partial charge in [0.2, 0.25) is 5.88 Å². The van der Waals surface area contributed by atoms with E-state index in [0.717, 1.165) is 47.2 Å². The minimum Gasteiger partial charge on any atom is -0.493 e. The van der Waals surface area contributed by atoms with Crippen LogP contribution in [0.15, 0.2) is 41.9 Å². The number of pyridine rings is 2. The Bertz CT molecular complexity index is 1730. The molecule has 0 saturated carbocycles. The predicted molar refractivity (Wildman–Crippen MR) is 154 cm³/mol. The molecule has 40 heavy (non-hydrogen) atoms. The first-order valence-corrected chi connectivity index (χ1v) is 14.5. The zero-order chi connectivity index (χ0) is 28.0. The summed E-state index contributed by atoms with van der Waals surface area (Å²) in [5.74, 6) is -0.707. The highest BCUT2D eigenvalue weighted by Gasteiger charge is 2.26. The van der Waals surface area contributed by atoms with Crippen molar-refractivity contribution in [1.82, 2.24) is 29.9 Å². The lowest BCUT2D eigenvalue weighted by atomic mass is 9.85. The van der Waals surface area contributed by atoms with Crippen LogP contribution in [0.2, 0.25) is 0 Å². The van der Waals surface area contributed by atoms with Gasteiger partial charge in [0.05, 0.1) is 12.1 Å². The van der Waals surface area contributed by atoms with Crippen LogP contribution in [0.3, 0.4) is 0 Å². The maximum Gasteiger partial charge on any atom is 0.304 e. The molecule has 0 saturated heterocycles. The molecule has 4 aromatic heterocycles. The number of hydrogen-bond acceptors (Lipinski definition) is 8. The van der Waals surface area contributed by atoms with Crippen molar-refractivity contribution in [1.29, 1.82) is 0 Å². The lowest BCUT2D eigenvalue weighted by molar-refractivity contribution is -0.137. The van der Waals surface area contributed by atoms with Crippen molar-refractivity contribution in [2.75, 3.05) is 6.54 Å². The number of rotatable bonds is 7. The van der Waals surface area contributed by atoms with Crippen molar-refractivity contribution in [3.05, 3.63) is 75.4 Å². The number of nitrogens with zero attached hydrogens (tertiary/aromatic N) is 6. The van der Waals surface area contributed by atoms with Crippen LogP contribution in [0.25, 0.3) is 21.3 Å². The van der Waals surface area contributed by atoms with Gasteiger partial charge in [0.25, 0.3) is 0 Å². The fourth-order valence-electron chi connectivity index (χ4n) is 6.03. The zero-order valence-electron chi connectivity index (χ0n) is 22.8. The van der Waals surface area contributed by atoms with Gasteiger partial charge >= 0.3 is 5.97 Å². The fourth-order valence-corrected chi connectivity index (χ4v) is 6.92. The zero-order valence-corrected chi connectivity index (χ0v) is 23.6. The smallest absolute Gasteiger partial charge is 0.304 e. The molecular formula is C30H32N6O3S. The molecule has 10 heteroatoms. The van der Waals surface area contributed by atoms with Crippen LogP contribution in [-0.2, 0) is 31.4 Å². The SMILES string of the molecule is CC[C@H]1Cc2ccc(O)nc2CN(Cc2cc([C@H](CC(=O)O)c3cnc4c(nnn4C)c3C)cc3ccsc23)C1. The van der Waals surface area contributed by atoms with E-state index >= 15 is 0 Å². The minimum absolute atomic E-state index is 0.0526. The van der Waals surface area contributed by atoms with Gasteiger partial charge in [-0.15, -0.1) is 16.4 Å². The number of carboxylic acid groups (broad SMARTS) is 1. The largest absolute Gasteiger partial charge is 0.493 e. The van der Waals surface area contributed by atoms with E-state index in [-0.39, 0.29) is 18.2 Å². The van der Waals surface area contributed by atoms with Crippen LogP contribution < -0.4 is 0 Å². The lowest BCUT2D eigenvalue weighted by Gasteiger charge is -2.25. The highest BCUT2D eigenvalue weighted by Crippen LogP contribution is 2.37. The fraction of sp³-hybridized carbons (Fsp3) is 0.367. The molecule has 0 aliphatic carbocycles. The second kappa shape index (κ2) is 10.6. The van der Waals surface area contributed by atoms with E-state index in [2.05, 4.69) is 55.7 Å². The molecule has 1 aliphatic rings. The second-order valence-corrected chi connectivity index (χ2v) is 11.7. The monoisotopic (exact) mass is 556 g/mol. The Balaban J connectivity index is 1.42. The molecule has 0 fully saturated rings. The molecule has 2 N–H and O–H groups in total. The maximum atomic E-state index is 12.1. The summed E-state index contributed by atoms with van der Waals surface area (Å²) in [5, 5.41) is 31.6. The van der Waals surface area contributed by atoms with Crippen molar-refractivity contribution >= 4 is 38.6 Å². The summed E-state index contributed by atoms with van der Waals surface area (Å²) in [6, 6.07) is 10.1. The standard InChI is InChI=1S/C30H32N6O3S/c1-4-18-9-19-5-6-26(37)32-25(19)16-36(14-18)15-22-11-21(10-20-7-8-40-29(20)22)23(12-27(38)39)24-13-31-30-28(17(24)2)33-34-35(30)3/h5-8,10-11,13,18,23H,4,9,12,14-16H2,1-3H3,(H,32,37)(H,38,39)/t18-,23-/m0/s1. The molecular weight excluding hydrogens is 524 g/mol. The molecule has 5 heterocycles. The van der Waals surface area contributed by atoms with Crippen molar-refractivity contribution in [3.63, 3.8) is 0 Å². The Morgan fingerprint density at radius 1 is 1.25 bits per heavy atom. The van der Waals surface area contributed by atoms with E-state index < -0.39 is 5.97 Å². The average Bonchev–Trinajstić information content (AvgIpc) is 3.51. The van der Waals surface area contributed by atoms with Gasteiger partial charge in [0, 0.05) is 49.6 Å². The van der Waals surface area contributed by atoms with Gasteiger partial charge in [-0.25, -0.2) is 14.6 Å². The summed E-state index contributed by atoms with van der Waals surface area (Å²) in [5.41, 5.74) is 7.37. The first-order chi connectivity index (χ1) is 19.3. The Hall–Kier alpha value is -3.89. The highest BCUT2D eigenvalue weighted by molar-refractivity contribution is 7.17. The number of benzene rings is 1. The molecule has 206 valence electrons. The topological polar surface area (TPSA) is 117 Å². The van der Waals surface area contributed by atoms with E-state index in [4.69, 9.17) is 0 Å². The van der Waals surface area contributed by atoms with E-state index in [9.17, 15) is 15.0 Å². The van der Waals surface area contributed by atoms with E-state index in [1.165, 1.54) is 15.8 Å². The Kier molecular flexibility index (Phi) is 6.97. The molecule has 0 amide bonds. The number of aromatic hydroxyl groups is 1. The van der Waals surface area contributed by atoms with Crippen molar-refractivity contribution in [2.45, 2.75) is 52.1 Å². The molecule has 0 spiro atoms. The molecule has 0 unspecified atom stereocenters. The maximum absolute atomic E-state index is 12.1. The lowest BCUT2D eigenvalue weighted by Crippen LogP contribution is -2.27. The highest BCUT2D eigenvalue weighted by atomic mass is 32.1. The van der Waals surface area contributed by atoms with Gasteiger partial charge in [0.1, 0.15) is 5.52 Å². The minimum atomic E-state index is -0.864. The van der Waals surface area contributed by atoms with Crippen LogP contribution in [0.1, 0.15) is 59.2 Å². The average molecular weight is 557 g/mol. The number of fused-ring (bicyclic) bond motifs is 3. The second-order valence-electron chi connectivity index (χ2n) is 10.8. The normalized spacial score (nSPS) is 16.7. The molecule has 1 aliphatic heterocycles. The number of hydrogen-bond donors (Lipinski definition) is 2. The number of aliphatic carboxylic acids is 1. The van der Waals surface area contributed by atoms with Crippen LogP contribution in [0, 0.1) is 12.8 Å². The van der Waals surface area contributed by atoms with E-state index in [0.29, 0.717) is 30.2 Å². The summed E-state index contributed by atoms with van der Waals surface area (Å²) in [6.07, 6.45) is 3.73. The van der Waals surface area contributed by atoms with Gasteiger partial charge in [-0.05, 0) is 70.0 Å². The molecule has 0 bridgehead atoms. The molecule has 1 aromatic carbocycles. The molecule has 2 atom stereocenters. The van der Waals surface area contributed by atoms with Gasteiger partial charge < -0.3 is 10.2 Å². The van der Waals surface area contributed by atoms with Gasteiger partial charge in [-0.3, -0.25) is 9.69 Å². The first kappa shape index (κ1) is 26.3. The summed E-state index contributed by atoms with van der Waals surface area (Å²) in [6.45, 7) is 6.48. The third-order valence-electron chi connectivity index (χ3n) is 8.14. The quantitative estimate of drug-likeness (QED) is 0.282. The van der Waals surface area contributed by atoms with Gasteiger partial charge in [-0.1, -0.05) is 30.7 Å². The number of aromatic nitrogens is 5. The van der Waals surface area contributed by atoms with Crippen molar-refractivity contribution in [2.24, 2.45) is 13.0 Å². The van der Waals surface area contributed by atoms with Crippen LogP contribution in [0.4, 0.5) is 0 Å². The molecule has 9 nitrogen and oxygen atoms in total. The summed E-state index contributed by atoms with van der Waals surface area (Å²) >= 11 is 1.71. The summed E-state index contributed by atoms with van der Waals surface area (Å²) in [4.78, 5) is 23.6. The van der Waals surface area contributed by atoms with E-state index in [1.54, 1.807) is 35.3 Å². The Labute approximate surface area is 236 Å². The Morgan fingerprint density at radius 2 is 2.10 bits per heavy atom. The van der Waals surface area contributed by atoms with Crippen LogP contribution in [0.5, 0.6) is 5.88 Å². The first-order valence-electron chi connectivity index (χ1n) is 13.6. The van der Waals surface area contributed by atoms with Crippen LogP contribution in [-0.4, -0.2) is 52.6 Å². The molecule has 6 rings (SSSR count). The number of carbonyl (C=O) groups is 1. The number of aryl methyl sites for hydroxylation is 2. The number of carboxylic acids is 1. The molecule has 0 radical (unpaired) electrons. The van der Waals surface area contributed by atoms with Crippen molar-refractivity contribution < 1.29 is 15.0 Å².